The van der Waals surface area contributed by atoms with Crippen LogP contribution in [0.1, 0.15) is 18.1 Å². The summed E-state index contributed by atoms with van der Waals surface area (Å²) in [5, 5.41) is 32.2. The van der Waals surface area contributed by atoms with Crippen LogP contribution in [0.3, 0.4) is 0 Å². The van der Waals surface area contributed by atoms with Gasteiger partial charge in [-0.1, -0.05) is 25.1 Å². The van der Waals surface area contributed by atoms with Gasteiger partial charge in [-0.2, -0.15) is 10.4 Å². The maximum Gasteiger partial charge on any atom is 0.492 e. The number of aryl methyl sites for hydroxylation is 2. The van der Waals surface area contributed by atoms with Crippen molar-refractivity contribution in [3.8, 4) is 17.3 Å². The summed E-state index contributed by atoms with van der Waals surface area (Å²) in [7, 11) is 0.0987. The normalized spacial score (nSPS) is 10.3. The average Bonchev–Trinajstić information content (AvgIpc) is 2.79. The lowest BCUT2D eigenvalue weighted by atomic mass is 9.78. The molecule has 0 unspecified atom stereocenters. The van der Waals surface area contributed by atoms with Crippen LogP contribution in [0.5, 0.6) is 0 Å². The highest BCUT2D eigenvalue weighted by Gasteiger charge is 2.23. The predicted molar refractivity (Wildman–Crippen MR) is 72.6 cm³/mol. The maximum atomic E-state index is 9.39. The van der Waals surface area contributed by atoms with Gasteiger partial charge < -0.3 is 10.0 Å². The van der Waals surface area contributed by atoms with Crippen LogP contribution in [0.25, 0.3) is 11.3 Å². The molecule has 19 heavy (non-hydrogen) atoms. The Morgan fingerprint density at radius 1 is 1.42 bits per heavy atom. The van der Waals surface area contributed by atoms with E-state index in [4.69, 9.17) is 0 Å². The molecule has 0 aliphatic rings. The molecule has 0 aliphatic carbocycles. The fourth-order valence-corrected chi connectivity index (χ4v) is 2.20. The van der Waals surface area contributed by atoms with Gasteiger partial charge in [-0.3, -0.25) is 4.68 Å². The molecule has 0 spiro atoms. The van der Waals surface area contributed by atoms with Gasteiger partial charge in [0, 0.05) is 24.3 Å². The highest BCUT2D eigenvalue weighted by Crippen LogP contribution is 2.24. The van der Waals surface area contributed by atoms with E-state index in [0.717, 1.165) is 12.0 Å². The first-order chi connectivity index (χ1) is 9.10. The number of nitrogens with zero attached hydrogens (tertiary/aromatic N) is 3. The molecule has 1 aromatic heterocycles. The lowest BCUT2D eigenvalue weighted by molar-refractivity contribution is 0.426. The maximum absolute atomic E-state index is 9.39. The number of benzene rings is 1. The fourth-order valence-electron chi connectivity index (χ4n) is 2.20. The molecule has 0 radical (unpaired) electrons. The van der Waals surface area contributed by atoms with E-state index in [-0.39, 0.29) is 0 Å². The van der Waals surface area contributed by atoms with Crippen LogP contribution < -0.4 is 5.46 Å². The van der Waals surface area contributed by atoms with Crippen LogP contribution in [0.15, 0.2) is 24.4 Å². The summed E-state index contributed by atoms with van der Waals surface area (Å²) < 4.78 is 1.55. The predicted octanol–water partition coefficient (Wildman–Crippen LogP) is 0.201. The zero-order chi connectivity index (χ0) is 14.0. The molecular formula is C13H14BN3O2. The molecule has 96 valence electrons. The summed E-state index contributed by atoms with van der Waals surface area (Å²) in [6.07, 6.45) is 2.14. The monoisotopic (exact) mass is 255 g/mol. The van der Waals surface area contributed by atoms with Crippen LogP contribution in [-0.2, 0) is 13.5 Å². The van der Waals surface area contributed by atoms with Crippen molar-refractivity contribution in [3.63, 3.8) is 0 Å². The van der Waals surface area contributed by atoms with Crippen molar-refractivity contribution in [3.05, 3.63) is 35.5 Å². The standard InChI is InChI=1S/C13H14BN3O2/c1-3-9-5-4-6-10(11(9)7-15)13-12(14(18)19)8-16-17(13)2/h4-6,8,18-19H,3H2,1-2H3. The Morgan fingerprint density at radius 3 is 2.74 bits per heavy atom. The molecular weight excluding hydrogens is 241 g/mol. The van der Waals surface area contributed by atoms with Gasteiger partial charge in [0.1, 0.15) is 6.07 Å². The number of nitriles is 1. The Balaban J connectivity index is 2.73. The summed E-state index contributed by atoms with van der Waals surface area (Å²) in [5.74, 6) is 0. The Hall–Kier alpha value is -2.10. The Labute approximate surface area is 111 Å². The summed E-state index contributed by atoms with van der Waals surface area (Å²) in [6.45, 7) is 1.98. The Morgan fingerprint density at radius 2 is 2.16 bits per heavy atom. The first-order valence-corrected chi connectivity index (χ1v) is 6.00. The van der Waals surface area contributed by atoms with E-state index in [9.17, 15) is 15.3 Å². The van der Waals surface area contributed by atoms with Crippen molar-refractivity contribution in [1.82, 2.24) is 9.78 Å². The molecule has 1 aromatic carbocycles. The van der Waals surface area contributed by atoms with E-state index in [2.05, 4.69) is 11.2 Å². The van der Waals surface area contributed by atoms with Gasteiger partial charge in [-0.05, 0) is 12.0 Å². The first-order valence-electron chi connectivity index (χ1n) is 6.00. The molecule has 0 amide bonds. The molecule has 2 N–H and O–H groups in total. The van der Waals surface area contributed by atoms with Crippen LogP contribution in [0, 0.1) is 11.3 Å². The molecule has 2 rings (SSSR count). The second-order valence-electron chi connectivity index (χ2n) is 4.25. The summed E-state index contributed by atoms with van der Waals surface area (Å²) in [6, 6.07) is 7.74. The van der Waals surface area contributed by atoms with Gasteiger partial charge in [0.15, 0.2) is 0 Å². The van der Waals surface area contributed by atoms with E-state index in [0.29, 0.717) is 22.3 Å². The van der Waals surface area contributed by atoms with Crippen molar-refractivity contribution >= 4 is 12.6 Å². The van der Waals surface area contributed by atoms with Gasteiger partial charge in [0.2, 0.25) is 0 Å². The summed E-state index contributed by atoms with van der Waals surface area (Å²) in [5.41, 5.74) is 3.01. The van der Waals surface area contributed by atoms with Crippen LogP contribution in [-0.4, -0.2) is 26.9 Å². The third-order valence-electron chi connectivity index (χ3n) is 3.14. The lowest BCUT2D eigenvalue weighted by Gasteiger charge is -2.10. The van der Waals surface area contributed by atoms with Crippen LogP contribution in [0.4, 0.5) is 0 Å². The highest BCUT2D eigenvalue weighted by atomic mass is 16.4. The number of rotatable bonds is 3. The third-order valence-corrected chi connectivity index (χ3v) is 3.14. The third kappa shape index (κ3) is 2.26. The Kier molecular flexibility index (Phi) is 3.70. The van der Waals surface area contributed by atoms with Gasteiger partial charge >= 0.3 is 7.12 Å². The quantitative estimate of drug-likeness (QED) is 0.767. The molecule has 0 aliphatic heterocycles. The molecule has 6 heteroatoms. The minimum absolute atomic E-state index is 0.298. The number of aromatic nitrogens is 2. The fraction of sp³-hybridized carbons (Fsp3) is 0.231. The number of hydrogen-bond acceptors (Lipinski definition) is 4. The van der Waals surface area contributed by atoms with Crippen molar-refractivity contribution in [2.45, 2.75) is 13.3 Å². The minimum atomic E-state index is -1.61. The van der Waals surface area contributed by atoms with Crippen LogP contribution >= 0.6 is 0 Å². The van der Waals surface area contributed by atoms with E-state index in [1.807, 2.05) is 19.1 Å². The molecule has 0 atom stereocenters. The van der Waals surface area contributed by atoms with Gasteiger partial charge in [0.25, 0.3) is 0 Å². The van der Waals surface area contributed by atoms with Gasteiger partial charge in [-0.25, -0.2) is 0 Å². The topological polar surface area (TPSA) is 82.1 Å². The second kappa shape index (κ2) is 5.27. The van der Waals surface area contributed by atoms with Crippen molar-refractivity contribution in [2.24, 2.45) is 7.05 Å². The smallest absolute Gasteiger partial charge is 0.423 e. The van der Waals surface area contributed by atoms with E-state index in [1.165, 1.54) is 6.20 Å². The average molecular weight is 255 g/mol. The Bertz CT molecular complexity index is 644. The largest absolute Gasteiger partial charge is 0.492 e. The molecule has 0 bridgehead atoms. The zero-order valence-electron chi connectivity index (χ0n) is 10.8. The van der Waals surface area contributed by atoms with E-state index >= 15 is 0 Å². The van der Waals surface area contributed by atoms with Gasteiger partial charge in [0.05, 0.1) is 11.3 Å². The zero-order valence-corrected chi connectivity index (χ0v) is 10.8. The van der Waals surface area contributed by atoms with Crippen molar-refractivity contribution in [1.29, 1.82) is 5.26 Å². The molecule has 0 saturated heterocycles. The molecule has 2 aromatic rings. The first kappa shape index (κ1) is 13.3. The van der Waals surface area contributed by atoms with Crippen LogP contribution in [0.2, 0.25) is 0 Å². The SMILES string of the molecule is CCc1cccc(-c2c(B(O)O)cnn2C)c1C#N. The lowest BCUT2D eigenvalue weighted by Crippen LogP contribution is -2.31. The van der Waals surface area contributed by atoms with Crippen molar-refractivity contribution < 1.29 is 10.0 Å². The molecule has 5 nitrogen and oxygen atoms in total. The highest BCUT2D eigenvalue weighted by molar-refractivity contribution is 6.60. The molecule has 0 fully saturated rings. The summed E-state index contributed by atoms with van der Waals surface area (Å²) in [4.78, 5) is 0. The molecule has 0 saturated carbocycles. The van der Waals surface area contributed by atoms with Gasteiger partial charge in [-0.15, -0.1) is 0 Å². The second-order valence-corrected chi connectivity index (χ2v) is 4.25. The number of hydrogen-bond donors (Lipinski definition) is 2. The minimum Gasteiger partial charge on any atom is -0.423 e. The van der Waals surface area contributed by atoms with Crippen molar-refractivity contribution in [2.75, 3.05) is 0 Å². The molecule has 1 heterocycles. The van der Waals surface area contributed by atoms with E-state index in [1.54, 1.807) is 17.8 Å². The summed E-state index contributed by atoms with van der Waals surface area (Å²) >= 11 is 0. The van der Waals surface area contributed by atoms with E-state index < -0.39 is 7.12 Å².